The first kappa shape index (κ1) is 11.6. The number of methoxy groups -OCH3 is 1. The number of rotatable bonds is 1. The van der Waals surface area contributed by atoms with E-state index < -0.39 is 0 Å². The Kier molecular flexibility index (Phi) is 3.78. The third kappa shape index (κ3) is 1.99. The van der Waals surface area contributed by atoms with Crippen molar-refractivity contribution in [1.82, 2.24) is 0 Å². The van der Waals surface area contributed by atoms with Gasteiger partial charge in [0, 0.05) is 0 Å². The predicted molar refractivity (Wildman–Crippen MR) is 63.6 cm³/mol. The zero-order chi connectivity index (χ0) is 11.4. The van der Waals surface area contributed by atoms with Gasteiger partial charge in [-0.25, -0.2) is 0 Å². The normalized spacial score (nSPS) is 9.67. The molecule has 0 saturated carbocycles. The molecule has 2 heteroatoms. The van der Waals surface area contributed by atoms with E-state index in [4.69, 9.17) is 9.15 Å². The molecule has 2 rings (SSSR count). The maximum atomic E-state index is 5.37. The molecule has 0 aliphatic carbocycles. The van der Waals surface area contributed by atoms with Crippen LogP contribution in [-0.2, 0) is 0 Å². The monoisotopic (exact) mass is 206 g/mol. The molecule has 0 aliphatic rings. The third-order valence-corrected chi connectivity index (χ3v) is 2.26. The van der Waals surface area contributed by atoms with Crippen LogP contribution in [-0.4, -0.2) is 7.11 Å². The van der Waals surface area contributed by atoms with Crippen molar-refractivity contribution in [1.29, 1.82) is 0 Å². The molecule has 1 aromatic carbocycles. The first-order valence-corrected chi connectivity index (χ1v) is 5.25. The first-order chi connectivity index (χ1) is 7.24. The number of hydrogen-bond donors (Lipinski definition) is 0. The van der Waals surface area contributed by atoms with Crippen LogP contribution in [0.15, 0.2) is 22.8 Å². The molecule has 0 bridgehead atoms. The summed E-state index contributed by atoms with van der Waals surface area (Å²) < 4.78 is 10.7. The van der Waals surface area contributed by atoms with E-state index in [2.05, 4.69) is 6.07 Å². The van der Waals surface area contributed by atoms with Gasteiger partial charge >= 0.3 is 0 Å². The van der Waals surface area contributed by atoms with Crippen molar-refractivity contribution in [2.75, 3.05) is 7.11 Å². The van der Waals surface area contributed by atoms with E-state index in [1.54, 1.807) is 13.4 Å². The van der Waals surface area contributed by atoms with Crippen molar-refractivity contribution >= 4 is 11.0 Å². The molecule has 0 aliphatic heterocycles. The topological polar surface area (TPSA) is 22.4 Å². The van der Waals surface area contributed by atoms with Crippen LogP contribution < -0.4 is 4.74 Å². The van der Waals surface area contributed by atoms with Gasteiger partial charge in [-0.2, -0.15) is 0 Å². The van der Waals surface area contributed by atoms with Gasteiger partial charge in [0.15, 0.2) is 0 Å². The Hall–Kier alpha value is -1.44. The minimum Gasteiger partial charge on any atom is -0.496 e. The van der Waals surface area contributed by atoms with E-state index in [1.807, 2.05) is 33.8 Å². The van der Waals surface area contributed by atoms with Crippen LogP contribution in [0.1, 0.15) is 25.0 Å². The number of furan rings is 1. The van der Waals surface area contributed by atoms with Gasteiger partial charge in [-0.3, -0.25) is 0 Å². The second-order valence-corrected chi connectivity index (χ2v) is 3.21. The summed E-state index contributed by atoms with van der Waals surface area (Å²) in [6.07, 6.45) is 1.69. The molecule has 0 N–H and O–H groups in total. The van der Waals surface area contributed by atoms with Crippen molar-refractivity contribution < 1.29 is 9.15 Å². The molecule has 2 nitrogen and oxygen atoms in total. The third-order valence-electron chi connectivity index (χ3n) is 2.26. The molecular weight excluding hydrogens is 188 g/mol. The fourth-order valence-electron chi connectivity index (χ4n) is 1.73. The van der Waals surface area contributed by atoms with Gasteiger partial charge in [0.1, 0.15) is 11.3 Å². The minimum absolute atomic E-state index is 0.911. The maximum Gasteiger partial charge on any atom is 0.140 e. The molecule has 0 fully saturated rings. The van der Waals surface area contributed by atoms with E-state index in [0.29, 0.717) is 0 Å². The van der Waals surface area contributed by atoms with Crippen molar-refractivity contribution in [2.24, 2.45) is 0 Å². The summed E-state index contributed by atoms with van der Waals surface area (Å²) in [7, 11) is 1.68. The van der Waals surface area contributed by atoms with Gasteiger partial charge in [0.05, 0.1) is 18.8 Å². The standard InChI is InChI=1S/C11H12O2.C2H6/c1-7-6-8(2)11-9(4-5-13-11)10(7)12-3;1-2/h4-6H,1-3H3;1-2H3. The lowest BCUT2D eigenvalue weighted by molar-refractivity contribution is 0.416. The van der Waals surface area contributed by atoms with E-state index in [-0.39, 0.29) is 0 Å². The summed E-state index contributed by atoms with van der Waals surface area (Å²) in [4.78, 5) is 0. The SMILES string of the molecule is CC.COc1c(C)cc(C)c2occc12. The van der Waals surface area contributed by atoms with Crippen LogP contribution >= 0.6 is 0 Å². The summed E-state index contributed by atoms with van der Waals surface area (Å²) in [5.74, 6) is 0.911. The molecule has 1 aromatic heterocycles. The van der Waals surface area contributed by atoms with E-state index in [1.165, 1.54) is 0 Å². The molecule has 82 valence electrons. The number of aryl methyl sites for hydroxylation is 2. The summed E-state index contributed by atoms with van der Waals surface area (Å²) in [5, 5.41) is 1.06. The lowest BCUT2D eigenvalue weighted by atomic mass is 10.1. The van der Waals surface area contributed by atoms with Crippen LogP contribution in [0.4, 0.5) is 0 Å². The van der Waals surface area contributed by atoms with Crippen molar-refractivity contribution in [2.45, 2.75) is 27.7 Å². The molecule has 15 heavy (non-hydrogen) atoms. The Morgan fingerprint density at radius 2 is 1.80 bits per heavy atom. The summed E-state index contributed by atoms with van der Waals surface area (Å²) in [6.45, 7) is 8.08. The molecule has 0 atom stereocenters. The van der Waals surface area contributed by atoms with Crippen LogP contribution in [0.2, 0.25) is 0 Å². The Labute approximate surface area is 90.9 Å². The van der Waals surface area contributed by atoms with Crippen molar-refractivity contribution in [3.05, 3.63) is 29.5 Å². The van der Waals surface area contributed by atoms with Crippen LogP contribution in [0, 0.1) is 13.8 Å². The zero-order valence-corrected chi connectivity index (χ0v) is 10.0. The molecule has 2 aromatic rings. The van der Waals surface area contributed by atoms with Crippen LogP contribution in [0.5, 0.6) is 5.75 Å². The first-order valence-electron chi connectivity index (χ1n) is 5.25. The second-order valence-electron chi connectivity index (χ2n) is 3.21. The van der Waals surface area contributed by atoms with Gasteiger partial charge in [0.25, 0.3) is 0 Å². The highest BCUT2D eigenvalue weighted by molar-refractivity contribution is 5.87. The largest absolute Gasteiger partial charge is 0.496 e. The lowest BCUT2D eigenvalue weighted by Crippen LogP contribution is -1.88. The summed E-state index contributed by atoms with van der Waals surface area (Å²) in [6, 6.07) is 4.01. The maximum absolute atomic E-state index is 5.37. The van der Waals surface area contributed by atoms with E-state index in [0.717, 1.165) is 27.8 Å². The number of benzene rings is 1. The molecule has 0 spiro atoms. The number of hydrogen-bond acceptors (Lipinski definition) is 2. The smallest absolute Gasteiger partial charge is 0.140 e. The van der Waals surface area contributed by atoms with Gasteiger partial charge < -0.3 is 9.15 Å². The van der Waals surface area contributed by atoms with Crippen molar-refractivity contribution in [3.63, 3.8) is 0 Å². The van der Waals surface area contributed by atoms with E-state index >= 15 is 0 Å². The molecular formula is C13H18O2. The molecule has 0 saturated heterocycles. The highest BCUT2D eigenvalue weighted by atomic mass is 16.5. The van der Waals surface area contributed by atoms with E-state index in [9.17, 15) is 0 Å². The van der Waals surface area contributed by atoms with Gasteiger partial charge in [-0.1, -0.05) is 13.8 Å². The Balaban J connectivity index is 0.000000531. The molecule has 1 heterocycles. The second kappa shape index (κ2) is 4.87. The lowest BCUT2D eigenvalue weighted by Gasteiger charge is -2.06. The highest BCUT2D eigenvalue weighted by Crippen LogP contribution is 2.32. The summed E-state index contributed by atoms with van der Waals surface area (Å²) in [5.41, 5.74) is 3.22. The average molecular weight is 206 g/mol. The van der Waals surface area contributed by atoms with Crippen molar-refractivity contribution in [3.8, 4) is 5.75 Å². The Bertz CT molecular complexity index is 441. The fraction of sp³-hybridized carbons (Fsp3) is 0.385. The number of fused-ring (bicyclic) bond motifs is 1. The molecule has 0 unspecified atom stereocenters. The Morgan fingerprint density at radius 3 is 2.40 bits per heavy atom. The minimum atomic E-state index is 0.911. The predicted octanol–water partition coefficient (Wildman–Crippen LogP) is 4.08. The zero-order valence-electron chi connectivity index (χ0n) is 10.0. The van der Waals surface area contributed by atoms with Crippen LogP contribution in [0.3, 0.4) is 0 Å². The average Bonchev–Trinajstić information content (AvgIpc) is 2.70. The highest BCUT2D eigenvalue weighted by Gasteiger charge is 2.09. The van der Waals surface area contributed by atoms with Crippen LogP contribution in [0.25, 0.3) is 11.0 Å². The Morgan fingerprint density at radius 1 is 1.13 bits per heavy atom. The number of ether oxygens (including phenoxy) is 1. The quantitative estimate of drug-likeness (QED) is 0.701. The molecule has 0 radical (unpaired) electrons. The van der Waals surface area contributed by atoms with Gasteiger partial charge in [0.2, 0.25) is 0 Å². The van der Waals surface area contributed by atoms with Gasteiger partial charge in [-0.05, 0) is 37.1 Å². The molecule has 0 amide bonds. The van der Waals surface area contributed by atoms with Gasteiger partial charge in [-0.15, -0.1) is 0 Å². The summed E-state index contributed by atoms with van der Waals surface area (Å²) >= 11 is 0. The fourth-order valence-corrected chi connectivity index (χ4v) is 1.73.